The Morgan fingerprint density at radius 2 is 2.00 bits per heavy atom. The van der Waals surface area contributed by atoms with Crippen molar-refractivity contribution in [3.63, 3.8) is 0 Å². The number of carbonyl (C=O) groups is 1. The minimum atomic E-state index is -0.775. The van der Waals surface area contributed by atoms with E-state index in [2.05, 4.69) is 10.3 Å². The maximum absolute atomic E-state index is 14.1. The Morgan fingerprint density at radius 3 is 2.74 bits per heavy atom. The fraction of sp³-hybridized carbons (Fsp3) is 0.222. The molecule has 0 radical (unpaired) electrons. The normalized spacial score (nSPS) is 15.6. The van der Waals surface area contributed by atoms with E-state index in [9.17, 15) is 9.18 Å². The quantitative estimate of drug-likeness (QED) is 0.797. The van der Waals surface area contributed by atoms with Crippen LogP contribution < -0.4 is 5.32 Å². The highest BCUT2D eigenvalue weighted by Gasteiger charge is 2.52. The van der Waals surface area contributed by atoms with Crippen LogP contribution in [0.1, 0.15) is 24.3 Å². The van der Waals surface area contributed by atoms with Gasteiger partial charge >= 0.3 is 0 Å². The summed E-state index contributed by atoms with van der Waals surface area (Å²) in [5.41, 5.74) is 1.48. The molecule has 1 N–H and O–H groups in total. The van der Waals surface area contributed by atoms with Crippen LogP contribution in [0.5, 0.6) is 0 Å². The highest BCUT2D eigenvalue weighted by molar-refractivity contribution is 6.05. The smallest absolute Gasteiger partial charge is 0.235 e. The second kappa shape index (κ2) is 4.91. The Labute approximate surface area is 132 Å². The van der Waals surface area contributed by atoms with Crippen molar-refractivity contribution in [2.45, 2.75) is 25.2 Å². The van der Waals surface area contributed by atoms with Crippen molar-refractivity contribution in [2.24, 2.45) is 0 Å². The van der Waals surface area contributed by atoms with E-state index in [1.54, 1.807) is 31.2 Å². The van der Waals surface area contributed by atoms with Crippen LogP contribution in [0.15, 0.2) is 46.9 Å². The van der Waals surface area contributed by atoms with Crippen LogP contribution in [0, 0.1) is 12.7 Å². The zero-order chi connectivity index (χ0) is 16.0. The van der Waals surface area contributed by atoms with Gasteiger partial charge in [0.2, 0.25) is 5.91 Å². The topological polar surface area (TPSA) is 55.1 Å². The Hall–Kier alpha value is -2.69. The van der Waals surface area contributed by atoms with Gasteiger partial charge in [0.1, 0.15) is 11.3 Å². The number of amides is 1. The Bertz CT molecular complexity index is 912. The molecule has 2 aromatic carbocycles. The first-order chi connectivity index (χ1) is 11.1. The van der Waals surface area contributed by atoms with E-state index in [1.807, 2.05) is 12.1 Å². The van der Waals surface area contributed by atoms with Gasteiger partial charge in [0.05, 0.1) is 11.1 Å². The van der Waals surface area contributed by atoms with Crippen molar-refractivity contribution in [1.82, 2.24) is 4.98 Å². The first kappa shape index (κ1) is 13.9. The van der Waals surface area contributed by atoms with Gasteiger partial charge in [-0.05, 0) is 31.0 Å². The molecule has 0 unspecified atom stereocenters. The summed E-state index contributed by atoms with van der Waals surface area (Å²) >= 11 is 0. The maximum atomic E-state index is 14.1. The van der Waals surface area contributed by atoms with Crippen molar-refractivity contribution in [3.8, 4) is 0 Å². The third kappa shape index (κ3) is 2.20. The molecule has 1 saturated carbocycles. The number of hydrogen-bond acceptors (Lipinski definition) is 3. The number of benzene rings is 2. The predicted molar refractivity (Wildman–Crippen MR) is 84.7 cm³/mol. The molecule has 116 valence electrons. The van der Waals surface area contributed by atoms with Crippen molar-refractivity contribution in [1.29, 1.82) is 0 Å². The number of nitrogens with zero attached hydrogens (tertiary/aromatic N) is 1. The summed E-state index contributed by atoms with van der Waals surface area (Å²) in [4.78, 5) is 17.0. The fourth-order valence-electron chi connectivity index (χ4n) is 2.99. The van der Waals surface area contributed by atoms with E-state index in [0.717, 1.165) is 0 Å². The summed E-state index contributed by atoms with van der Waals surface area (Å²) in [7, 11) is 0. The number of fused-ring (bicyclic) bond motifs is 1. The van der Waals surface area contributed by atoms with Crippen molar-refractivity contribution < 1.29 is 13.6 Å². The molecule has 1 amide bonds. The summed E-state index contributed by atoms with van der Waals surface area (Å²) < 4.78 is 19.6. The minimum absolute atomic E-state index is 0.204. The number of rotatable bonds is 3. The first-order valence-electron chi connectivity index (χ1n) is 7.53. The Kier molecular flexibility index (Phi) is 2.98. The van der Waals surface area contributed by atoms with E-state index in [0.29, 0.717) is 41.1 Å². The Balaban J connectivity index is 1.69. The van der Waals surface area contributed by atoms with Crippen molar-refractivity contribution in [3.05, 3.63) is 59.7 Å². The van der Waals surface area contributed by atoms with E-state index >= 15 is 0 Å². The van der Waals surface area contributed by atoms with Crippen LogP contribution in [-0.2, 0) is 10.2 Å². The fourth-order valence-corrected chi connectivity index (χ4v) is 2.99. The number of halogens is 1. The molecule has 0 saturated heterocycles. The third-order valence-electron chi connectivity index (χ3n) is 4.34. The number of aryl methyl sites for hydroxylation is 1. The lowest BCUT2D eigenvalue weighted by atomic mass is 9.94. The summed E-state index contributed by atoms with van der Waals surface area (Å²) in [6.07, 6.45) is 1.29. The molecule has 1 aliphatic carbocycles. The molecule has 4 rings (SSSR count). The SMILES string of the molecule is Cc1nc2cccc(NC(=O)C3(c4ccccc4F)CC3)c2o1. The number of aromatic nitrogens is 1. The van der Waals surface area contributed by atoms with Gasteiger partial charge in [-0.3, -0.25) is 4.79 Å². The van der Waals surface area contributed by atoms with E-state index in [1.165, 1.54) is 6.07 Å². The number of hydrogen-bond donors (Lipinski definition) is 1. The van der Waals surface area contributed by atoms with Gasteiger partial charge in [0.15, 0.2) is 11.5 Å². The largest absolute Gasteiger partial charge is 0.439 e. The van der Waals surface area contributed by atoms with Gasteiger partial charge in [-0.2, -0.15) is 0 Å². The second-order valence-electron chi connectivity index (χ2n) is 5.90. The van der Waals surface area contributed by atoms with E-state index in [4.69, 9.17) is 4.42 Å². The molecule has 23 heavy (non-hydrogen) atoms. The highest BCUT2D eigenvalue weighted by atomic mass is 19.1. The molecule has 1 aliphatic rings. The average molecular weight is 310 g/mol. The predicted octanol–water partition coefficient (Wildman–Crippen LogP) is 3.95. The lowest BCUT2D eigenvalue weighted by molar-refractivity contribution is -0.118. The van der Waals surface area contributed by atoms with Crippen LogP contribution in [0.25, 0.3) is 11.1 Å². The maximum Gasteiger partial charge on any atom is 0.235 e. The van der Waals surface area contributed by atoms with Crippen LogP contribution in [-0.4, -0.2) is 10.9 Å². The molecule has 1 fully saturated rings. The van der Waals surface area contributed by atoms with Gasteiger partial charge < -0.3 is 9.73 Å². The van der Waals surface area contributed by atoms with Crippen LogP contribution in [0.4, 0.5) is 10.1 Å². The standard InChI is InChI=1S/C18H15FN2O2/c1-11-20-14-7-4-8-15(16(14)23-11)21-17(22)18(9-10-18)12-5-2-3-6-13(12)19/h2-8H,9-10H2,1H3,(H,21,22). The molecular formula is C18H15FN2O2. The van der Waals surface area contributed by atoms with Gasteiger partial charge in [-0.25, -0.2) is 9.37 Å². The minimum Gasteiger partial charge on any atom is -0.439 e. The monoisotopic (exact) mass is 310 g/mol. The molecule has 4 nitrogen and oxygen atoms in total. The number of oxazole rings is 1. The lowest BCUT2D eigenvalue weighted by Gasteiger charge is -2.16. The zero-order valence-electron chi connectivity index (χ0n) is 12.6. The Morgan fingerprint density at radius 1 is 1.22 bits per heavy atom. The molecular weight excluding hydrogens is 295 g/mol. The first-order valence-corrected chi connectivity index (χ1v) is 7.53. The molecule has 0 aliphatic heterocycles. The van der Waals surface area contributed by atoms with Crippen LogP contribution in [0.3, 0.4) is 0 Å². The summed E-state index contributed by atoms with van der Waals surface area (Å²) in [5.74, 6) is -0.00467. The van der Waals surface area contributed by atoms with E-state index < -0.39 is 5.41 Å². The van der Waals surface area contributed by atoms with Gasteiger partial charge in [0.25, 0.3) is 0 Å². The number of para-hydroxylation sites is 1. The average Bonchev–Trinajstić information content (AvgIpc) is 3.24. The van der Waals surface area contributed by atoms with Gasteiger partial charge in [0, 0.05) is 12.5 Å². The summed E-state index contributed by atoms with van der Waals surface area (Å²) in [5, 5.41) is 2.89. The molecule has 0 bridgehead atoms. The summed E-state index contributed by atoms with van der Waals surface area (Å²) in [6.45, 7) is 1.76. The van der Waals surface area contributed by atoms with Gasteiger partial charge in [-0.15, -0.1) is 0 Å². The van der Waals surface area contributed by atoms with Crippen molar-refractivity contribution in [2.75, 3.05) is 5.32 Å². The summed E-state index contributed by atoms with van der Waals surface area (Å²) in [6, 6.07) is 11.9. The third-order valence-corrected chi connectivity index (χ3v) is 4.34. The van der Waals surface area contributed by atoms with Crippen molar-refractivity contribution >= 4 is 22.7 Å². The second-order valence-corrected chi connectivity index (χ2v) is 5.90. The molecule has 5 heteroatoms. The van der Waals surface area contributed by atoms with E-state index in [-0.39, 0.29) is 11.7 Å². The zero-order valence-corrected chi connectivity index (χ0v) is 12.6. The number of carbonyl (C=O) groups excluding carboxylic acids is 1. The number of nitrogens with one attached hydrogen (secondary N) is 1. The molecule has 0 spiro atoms. The van der Waals surface area contributed by atoms with Crippen LogP contribution >= 0.6 is 0 Å². The molecule has 0 atom stereocenters. The number of anilines is 1. The highest BCUT2D eigenvalue weighted by Crippen LogP contribution is 2.50. The molecule has 3 aromatic rings. The van der Waals surface area contributed by atoms with Gasteiger partial charge in [-0.1, -0.05) is 24.3 Å². The lowest BCUT2D eigenvalue weighted by Crippen LogP contribution is -2.28. The molecule has 1 heterocycles. The molecule has 1 aromatic heterocycles. The van der Waals surface area contributed by atoms with Crippen LogP contribution in [0.2, 0.25) is 0 Å².